The third kappa shape index (κ3) is 5.96. The number of ether oxygens (including phenoxy) is 2. The van der Waals surface area contributed by atoms with Crippen molar-refractivity contribution >= 4 is 23.8 Å². The maximum absolute atomic E-state index is 6.24. The van der Waals surface area contributed by atoms with Crippen LogP contribution in [0.5, 0.6) is 11.5 Å². The van der Waals surface area contributed by atoms with Crippen molar-refractivity contribution in [3.63, 3.8) is 0 Å². The quantitative estimate of drug-likeness (QED) is 0.200. The maximum atomic E-state index is 6.24. The molecule has 0 atom stereocenters. The average Bonchev–Trinajstić information content (AvgIpc) is 3.06. The average molecular weight is 562 g/mol. The molecule has 0 amide bonds. The van der Waals surface area contributed by atoms with Crippen LogP contribution in [0.3, 0.4) is 0 Å². The summed E-state index contributed by atoms with van der Waals surface area (Å²) in [6, 6.07) is 34.9. The summed E-state index contributed by atoms with van der Waals surface area (Å²) >= 11 is 0. The van der Waals surface area contributed by atoms with Gasteiger partial charge < -0.3 is 9.47 Å². The van der Waals surface area contributed by atoms with Crippen molar-refractivity contribution in [3.05, 3.63) is 102 Å². The minimum atomic E-state index is -0.829. The fourth-order valence-corrected chi connectivity index (χ4v) is 9.57. The molecule has 2 nitrogen and oxygen atoms in total. The Hall–Kier alpha value is -3.09. The molecule has 0 unspecified atom stereocenters. The summed E-state index contributed by atoms with van der Waals surface area (Å²) in [7, 11) is 2.79. The van der Waals surface area contributed by atoms with Crippen LogP contribution in [0, 0.1) is 6.07 Å². The van der Waals surface area contributed by atoms with Gasteiger partial charge in [0, 0.05) is 11.1 Å². The molecule has 0 N–H and O–H groups in total. The van der Waals surface area contributed by atoms with Crippen molar-refractivity contribution in [3.8, 4) is 22.6 Å². The van der Waals surface area contributed by atoms with Gasteiger partial charge in [0.2, 0.25) is 0 Å². The van der Waals surface area contributed by atoms with E-state index in [1.165, 1.54) is 91.2 Å². The van der Waals surface area contributed by atoms with Crippen molar-refractivity contribution < 1.29 is 9.47 Å². The van der Waals surface area contributed by atoms with Crippen LogP contribution in [0.1, 0.15) is 87.2 Å². The van der Waals surface area contributed by atoms with Crippen LogP contribution in [0.25, 0.3) is 11.1 Å². The van der Waals surface area contributed by atoms with E-state index in [0.717, 1.165) is 22.6 Å². The van der Waals surface area contributed by atoms with Gasteiger partial charge in [-0.1, -0.05) is 111 Å². The van der Waals surface area contributed by atoms with Gasteiger partial charge >= 0.3 is 0 Å². The van der Waals surface area contributed by atoms with Gasteiger partial charge in [0.15, 0.2) is 0 Å². The second-order valence-electron chi connectivity index (χ2n) is 11.6. The molecule has 2 saturated carbocycles. The van der Waals surface area contributed by atoms with E-state index in [9.17, 15) is 0 Å². The Morgan fingerprint density at radius 1 is 0.610 bits per heavy atom. The second-order valence-corrected chi connectivity index (χ2v) is 13.8. The highest BCUT2D eigenvalue weighted by Crippen LogP contribution is 2.48. The predicted octanol–water partition coefficient (Wildman–Crippen LogP) is 9.02. The molecule has 0 bridgehead atoms. The van der Waals surface area contributed by atoms with Gasteiger partial charge in [-0.15, -0.1) is 0 Å². The summed E-state index contributed by atoms with van der Waals surface area (Å²) in [5.74, 6) is 3.00. The normalized spacial score (nSPS) is 16.6. The van der Waals surface area contributed by atoms with Gasteiger partial charge in [-0.3, -0.25) is 0 Å². The topological polar surface area (TPSA) is 18.5 Å². The minimum absolute atomic E-state index is 0.577. The van der Waals surface area contributed by atoms with Crippen molar-refractivity contribution in [2.24, 2.45) is 0 Å². The lowest BCUT2D eigenvalue weighted by atomic mass is 9.75. The van der Waals surface area contributed by atoms with Crippen LogP contribution in [0.2, 0.25) is 0 Å². The molecule has 0 saturated heterocycles. The monoisotopic (exact) mass is 561 g/mol. The van der Waals surface area contributed by atoms with E-state index in [4.69, 9.17) is 9.47 Å². The first-order chi connectivity index (χ1) is 20.3. The Morgan fingerprint density at radius 3 is 1.73 bits per heavy atom. The Bertz CT molecular complexity index is 1380. The third-order valence-electron chi connectivity index (χ3n) is 9.13. The van der Waals surface area contributed by atoms with Gasteiger partial charge in [0.1, 0.15) is 11.5 Å². The van der Waals surface area contributed by atoms with Crippen molar-refractivity contribution in [1.82, 2.24) is 0 Å². The van der Waals surface area contributed by atoms with Crippen LogP contribution < -0.4 is 25.4 Å². The zero-order valence-corrected chi connectivity index (χ0v) is 25.5. The molecule has 41 heavy (non-hydrogen) atoms. The van der Waals surface area contributed by atoms with E-state index < -0.39 is 7.92 Å². The van der Waals surface area contributed by atoms with Crippen LogP contribution >= 0.6 is 7.92 Å². The number of hydrogen-bond donors (Lipinski definition) is 0. The Kier molecular flexibility index (Phi) is 9.07. The van der Waals surface area contributed by atoms with E-state index in [1.54, 1.807) is 7.11 Å². The summed E-state index contributed by atoms with van der Waals surface area (Å²) in [6.45, 7) is 0. The number of benzene rings is 4. The first kappa shape index (κ1) is 28.0. The largest absolute Gasteiger partial charge is 0.496 e. The second kappa shape index (κ2) is 13.3. The Morgan fingerprint density at radius 2 is 1.17 bits per heavy atom. The first-order valence-electron chi connectivity index (χ1n) is 15.5. The smallest absolute Gasteiger partial charge is 0.127 e. The number of hydrogen-bond acceptors (Lipinski definition) is 2. The van der Waals surface area contributed by atoms with E-state index in [2.05, 4.69) is 91.0 Å². The van der Waals surface area contributed by atoms with Crippen LogP contribution in [0.4, 0.5) is 0 Å². The molecule has 0 heterocycles. The number of rotatable bonds is 8. The van der Waals surface area contributed by atoms with Crippen molar-refractivity contribution in [2.75, 3.05) is 14.2 Å². The van der Waals surface area contributed by atoms with E-state index >= 15 is 0 Å². The van der Waals surface area contributed by atoms with Crippen LogP contribution in [-0.2, 0) is 0 Å². The Labute approximate surface area is 247 Å². The molecule has 211 valence electrons. The zero-order chi connectivity index (χ0) is 28.0. The molecule has 2 aliphatic carbocycles. The lowest BCUT2D eigenvalue weighted by Gasteiger charge is -2.31. The molecule has 3 heteroatoms. The molecule has 2 aliphatic rings. The van der Waals surface area contributed by atoms with Gasteiger partial charge in [-0.25, -0.2) is 0 Å². The standard InChI is InChI=1S/C38H42O2P/c1-39-35-24-15-25-37(41(30-20-11-5-12-21-30)31-22-13-6-14-23-31)38(35)34-26-32(28-16-7-3-8-17-28)33(27-36(34)40-2)29-18-9-4-10-19-29/h5-6,11-15,20-25,27-29H,3-4,7-10,16-19H2,1-2H3. The van der Waals surface area contributed by atoms with Crippen LogP contribution in [-0.4, -0.2) is 14.2 Å². The van der Waals surface area contributed by atoms with Crippen LogP contribution in [0.15, 0.2) is 84.9 Å². The highest BCUT2D eigenvalue weighted by Gasteiger charge is 2.30. The molecule has 4 aromatic rings. The molecular weight excluding hydrogens is 519 g/mol. The predicted molar refractivity (Wildman–Crippen MR) is 174 cm³/mol. The fourth-order valence-electron chi connectivity index (χ4n) is 7.10. The van der Waals surface area contributed by atoms with Crippen molar-refractivity contribution in [2.45, 2.75) is 76.0 Å². The highest BCUT2D eigenvalue weighted by molar-refractivity contribution is 7.80. The van der Waals surface area contributed by atoms with E-state index in [0.29, 0.717) is 11.8 Å². The van der Waals surface area contributed by atoms with Gasteiger partial charge in [-0.2, -0.15) is 0 Å². The Balaban J connectivity index is 1.59. The SMILES string of the molecule is COc1cc(C2CCCCC2)c(C2CCCCC2)[c]c1-c1c(OC)cccc1P(c1ccccc1)c1ccccc1. The molecule has 0 aromatic heterocycles. The summed E-state index contributed by atoms with van der Waals surface area (Å²) < 4.78 is 12.4. The van der Waals surface area contributed by atoms with Gasteiger partial charge in [-0.05, 0) is 90.7 Å². The lowest BCUT2D eigenvalue weighted by molar-refractivity contribution is 0.401. The van der Waals surface area contributed by atoms with Gasteiger partial charge in [0.25, 0.3) is 0 Å². The molecule has 0 aliphatic heterocycles. The lowest BCUT2D eigenvalue weighted by Crippen LogP contribution is -2.23. The molecule has 4 aromatic carbocycles. The number of methoxy groups -OCH3 is 2. The summed E-state index contributed by atoms with van der Waals surface area (Å²) in [5, 5.41) is 3.94. The van der Waals surface area contributed by atoms with Gasteiger partial charge in [0.05, 0.1) is 14.2 Å². The molecule has 1 radical (unpaired) electrons. The first-order valence-corrected chi connectivity index (χ1v) is 16.8. The highest BCUT2D eigenvalue weighted by atomic mass is 31.1. The van der Waals surface area contributed by atoms with E-state index in [1.807, 2.05) is 7.11 Å². The molecule has 0 spiro atoms. The summed E-state index contributed by atoms with van der Waals surface area (Å²) in [4.78, 5) is 0. The summed E-state index contributed by atoms with van der Waals surface area (Å²) in [6.07, 6.45) is 13.1. The third-order valence-corrected chi connectivity index (χ3v) is 11.6. The minimum Gasteiger partial charge on any atom is -0.496 e. The zero-order valence-electron chi connectivity index (χ0n) is 24.6. The molecule has 6 rings (SSSR count). The molecule has 2 fully saturated rings. The fraction of sp³-hybridized carbons (Fsp3) is 0.368. The summed E-state index contributed by atoms with van der Waals surface area (Å²) in [5.41, 5.74) is 5.13. The van der Waals surface area contributed by atoms with Crippen molar-refractivity contribution in [1.29, 1.82) is 0 Å². The van der Waals surface area contributed by atoms with E-state index in [-0.39, 0.29) is 0 Å². The maximum Gasteiger partial charge on any atom is 0.127 e. The molecular formula is C38H42O2P.